The lowest BCUT2D eigenvalue weighted by Gasteiger charge is -2.34. The van der Waals surface area contributed by atoms with Gasteiger partial charge in [-0.3, -0.25) is 0 Å². The van der Waals surface area contributed by atoms with Crippen molar-refractivity contribution in [2.75, 3.05) is 58.4 Å². The third kappa shape index (κ3) is 4.85. The first kappa shape index (κ1) is 23.3. The number of anilines is 1. The number of benzene rings is 1. The number of aromatic nitrogens is 2. The first-order chi connectivity index (χ1) is 16.5. The molecule has 4 heterocycles. The van der Waals surface area contributed by atoms with E-state index < -0.39 is 0 Å². The van der Waals surface area contributed by atoms with Crippen LogP contribution in [0.1, 0.15) is 17.2 Å². The fourth-order valence-electron chi connectivity index (χ4n) is 4.63. The minimum absolute atomic E-state index is 0.135. The molecule has 2 aliphatic rings. The highest BCUT2D eigenvalue weighted by molar-refractivity contribution is 14.1. The summed E-state index contributed by atoms with van der Waals surface area (Å²) in [5.74, 6) is -0.172. The maximum absolute atomic E-state index is 13.9. The van der Waals surface area contributed by atoms with E-state index in [2.05, 4.69) is 85.8 Å². The fourth-order valence-corrected chi connectivity index (χ4v) is 5.17. The van der Waals surface area contributed by atoms with Gasteiger partial charge >= 0.3 is 0 Å². The van der Waals surface area contributed by atoms with Crippen molar-refractivity contribution in [3.63, 3.8) is 0 Å². The van der Waals surface area contributed by atoms with Crippen LogP contribution in [0.2, 0.25) is 0 Å². The first-order valence-corrected chi connectivity index (χ1v) is 12.6. The summed E-state index contributed by atoms with van der Waals surface area (Å²) in [6.45, 7) is 4.91. The van der Waals surface area contributed by atoms with Crippen LogP contribution in [0.4, 0.5) is 10.1 Å². The number of hydrogen-bond acceptors (Lipinski definition) is 5. The Balaban J connectivity index is 1.40. The van der Waals surface area contributed by atoms with E-state index in [0.717, 1.165) is 67.2 Å². The summed E-state index contributed by atoms with van der Waals surface area (Å²) in [5, 5.41) is 1.13. The second-order valence-corrected chi connectivity index (χ2v) is 10.2. The van der Waals surface area contributed by atoms with Crippen LogP contribution in [0.3, 0.4) is 0 Å². The van der Waals surface area contributed by atoms with Gasteiger partial charge in [0, 0.05) is 53.1 Å². The Bertz CT molecular complexity index is 1230. The molecule has 1 N–H and O–H groups in total. The first-order valence-electron chi connectivity index (χ1n) is 11.5. The van der Waals surface area contributed by atoms with Crippen molar-refractivity contribution in [3.05, 3.63) is 75.5 Å². The zero-order chi connectivity index (χ0) is 23.7. The number of halogens is 2. The van der Waals surface area contributed by atoms with Gasteiger partial charge in [0.15, 0.2) is 0 Å². The molecule has 0 spiro atoms. The molecule has 1 aromatic carbocycles. The Hall–Kier alpha value is -2.43. The van der Waals surface area contributed by atoms with Gasteiger partial charge in [-0.15, -0.1) is 0 Å². The molecule has 6 nitrogen and oxygen atoms in total. The number of hydrogen-bond donors (Lipinski definition) is 1. The number of allylic oxidation sites excluding steroid dienone is 2. The monoisotopic (exact) mass is 573 g/mol. The molecular weight excluding hydrogens is 544 g/mol. The summed E-state index contributed by atoms with van der Waals surface area (Å²) < 4.78 is 20.0. The Kier molecular flexibility index (Phi) is 6.89. The minimum Gasteiger partial charge on any atom is -0.378 e. The molecule has 8 heteroatoms. The Morgan fingerprint density at radius 2 is 2.06 bits per heavy atom. The summed E-state index contributed by atoms with van der Waals surface area (Å²) in [6, 6.07) is 7.79. The van der Waals surface area contributed by atoms with Crippen LogP contribution in [0.25, 0.3) is 16.6 Å². The minimum atomic E-state index is -0.172. The zero-order valence-corrected chi connectivity index (χ0v) is 21.6. The van der Waals surface area contributed by atoms with Crippen LogP contribution in [-0.4, -0.2) is 73.3 Å². The molecule has 0 aliphatic carbocycles. The molecule has 178 valence electrons. The second kappa shape index (κ2) is 10.1. The molecule has 5 rings (SSSR count). The van der Waals surface area contributed by atoms with Gasteiger partial charge in [0.1, 0.15) is 11.5 Å². The maximum atomic E-state index is 13.9. The van der Waals surface area contributed by atoms with Gasteiger partial charge in [-0.2, -0.15) is 0 Å². The summed E-state index contributed by atoms with van der Waals surface area (Å²) in [4.78, 5) is 14.8. The lowest BCUT2D eigenvalue weighted by molar-refractivity contribution is 0.122. The number of aromatic amines is 1. The number of ether oxygens (including phenoxy) is 1. The molecule has 0 amide bonds. The average Bonchev–Trinajstić information content (AvgIpc) is 3.28. The molecule has 2 aromatic heterocycles. The normalized spacial score (nSPS) is 17.5. The maximum Gasteiger partial charge on any atom is 0.138 e. The van der Waals surface area contributed by atoms with Crippen molar-refractivity contribution in [2.45, 2.75) is 6.04 Å². The molecule has 3 aromatic rings. The molecule has 2 aliphatic heterocycles. The zero-order valence-electron chi connectivity index (χ0n) is 19.5. The van der Waals surface area contributed by atoms with E-state index in [1.54, 1.807) is 6.07 Å². The molecule has 1 atom stereocenters. The van der Waals surface area contributed by atoms with Crippen molar-refractivity contribution < 1.29 is 9.13 Å². The van der Waals surface area contributed by atoms with Crippen molar-refractivity contribution in [2.24, 2.45) is 0 Å². The van der Waals surface area contributed by atoms with E-state index in [-0.39, 0.29) is 11.9 Å². The quantitative estimate of drug-likeness (QED) is 0.435. The van der Waals surface area contributed by atoms with E-state index >= 15 is 0 Å². The van der Waals surface area contributed by atoms with Gasteiger partial charge in [-0.05, 0) is 72.1 Å². The van der Waals surface area contributed by atoms with Gasteiger partial charge in [0.25, 0.3) is 0 Å². The third-order valence-electron chi connectivity index (χ3n) is 6.44. The van der Waals surface area contributed by atoms with Crippen LogP contribution in [-0.2, 0) is 4.74 Å². The smallest absolute Gasteiger partial charge is 0.138 e. The second-order valence-electron chi connectivity index (χ2n) is 9.02. The topological polar surface area (TPSA) is 47.6 Å². The van der Waals surface area contributed by atoms with E-state index in [4.69, 9.17) is 4.74 Å². The van der Waals surface area contributed by atoms with Crippen molar-refractivity contribution in [1.82, 2.24) is 19.8 Å². The van der Waals surface area contributed by atoms with Gasteiger partial charge in [0.05, 0.1) is 31.1 Å². The number of H-pyrrole nitrogens is 1. The summed E-state index contributed by atoms with van der Waals surface area (Å²) in [5.41, 5.74) is 5.49. The molecule has 1 saturated heterocycles. The van der Waals surface area contributed by atoms with Crippen LogP contribution in [0.5, 0.6) is 0 Å². The van der Waals surface area contributed by atoms with E-state index in [9.17, 15) is 4.39 Å². The van der Waals surface area contributed by atoms with Crippen molar-refractivity contribution in [1.29, 1.82) is 0 Å². The predicted molar refractivity (Wildman–Crippen MR) is 143 cm³/mol. The van der Waals surface area contributed by atoms with E-state index in [1.807, 2.05) is 24.5 Å². The number of rotatable bonds is 6. The van der Waals surface area contributed by atoms with Crippen LogP contribution in [0.15, 0.2) is 55.0 Å². The van der Waals surface area contributed by atoms with Gasteiger partial charge in [-0.1, -0.05) is 12.1 Å². The highest BCUT2D eigenvalue weighted by Gasteiger charge is 2.22. The standard InChI is InChI=1S/C26H29FIN5O/c1-31(2)17-25(19-3-4-23(27)24(28)13-19)33-7-5-18(6-8-33)22-16-30-26-21(22)14-20(15-29-26)32-9-11-34-12-10-32/h3-7,13-16,25H,8-12,17H2,1-2H3,(H,29,30)/t25-/m1/s1. The SMILES string of the molecule is CN(C)C[C@H](c1ccc(F)c(I)c1)N1C=CC(c2c[nH]c3ncc(N4CCOCC4)cc23)=CC1. The number of morpholine rings is 1. The number of fused-ring (bicyclic) bond motifs is 1. The number of nitrogens with zero attached hydrogens (tertiary/aromatic N) is 4. The highest BCUT2D eigenvalue weighted by Crippen LogP contribution is 2.32. The Labute approximate surface area is 213 Å². The van der Waals surface area contributed by atoms with Crippen molar-refractivity contribution >= 4 is 44.9 Å². The molecule has 0 unspecified atom stereocenters. The van der Waals surface area contributed by atoms with Crippen LogP contribution in [0, 0.1) is 9.39 Å². The largest absolute Gasteiger partial charge is 0.378 e. The summed E-state index contributed by atoms with van der Waals surface area (Å²) >= 11 is 2.07. The average molecular weight is 573 g/mol. The van der Waals surface area contributed by atoms with Crippen LogP contribution >= 0.6 is 22.6 Å². The predicted octanol–water partition coefficient (Wildman–Crippen LogP) is 4.66. The molecule has 0 saturated carbocycles. The van der Waals surface area contributed by atoms with Gasteiger partial charge < -0.3 is 24.4 Å². The lowest BCUT2D eigenvalue weighted by Crippen LogP contribution is -2.36. The number of nitrogens with one attached hydrogen (secondary N) is 1. The van der Waals surface area contributed by atoms with Crippen molar-refractivity contribution in [3.8, 4) is 0 Å². The lowest BCUT2D eigenvalue weighted by atomic mass is 10.0. The number of likely N-dealkylation sites (N-methyl/N-ethyl adjacent to an activating group) is 1. The highest BCUT2D eigenvalue weighted by atomic mass is 127. The molecule has 0 radical (unpaired) electrons. The summed E-state index contributed by atoms with van der Waals surface area (Å²) in [7, 11) is 4.14. The van der Waals surface area contributed by atoms with Gasteiger partial charge in [0.2, 0.25) is 0 Å². The summed E-state index contributed by atoms with van der Waals surface area (Å²) in [6.07, 6.45) is 10.6. The Morgan fingerprint density at radius 1 is 1.24 bits per heavy atom. The molecule has 34 heavy (non-hydrogen) atoms. The van der Waals surface area contributed by atoms with E-state index in [1.165, 1.54) is 5.57 Å². The molecular formula is C26H29FIN5O. The number of pyridine rings is 1. The van der Waals surface area contributed by atoms with Gasteiger partial charge in [-0.25, -0.2) is 9.37 Å². The van der Waals surface area contributed by atoms with E-state index in [0.29, 0.717) is 3.57 Å². The Morgan fingerprint density at radius 3 is 2.76 bits per heavy atom. The fraction of sp³-hybridized carbons (Fsp3) is 0.346. The molecule has 1 fully saturated rings. The molecule has 0 bridgehead atoms. The van der Waals surface area contributed by atoms with Crippen LogP contribution < -0.4 is 4.90 Å². The third-order valence-corrected chi connectivity index (χ3v) is 7.27.